The molecule has 1 N–H and O–H groups in total. The first kappa shape index (κ1) is 18.7. The Balaban J connectivity index is 1.64. The van der Waals surface area contributed by atoms with Crippen LogP contribution in [0.1, 0.15) is 31.7 Å². The Hall–Kier alpha value is -2.69. The van der Waals surface area contributed by atoms with Crippen LogP contribution in [0.2, 0.25) is 0 Å². The number of aromatic amines is 1. The van der Waals surface area contributed by atoms with Crippen LogP contribution in [0.3, 0.4) is 0 Å². The number of piperidine rings is 1. The number of amides is 1. The average molecular weight is 382 g/mol. The van der Waals surface area contributed by atoms with E-state index in [1.54, 1.807) is 18.2 Å². The number of carbonyl (C=O) groups excluding carboxylic acids is 1. The van der Waals surface area contributed by atoms with E-state index in [0.29, 0.717) is 18.8 Å². The first-order valence-corrected chi connectivity index (χ1v) is 9.85. The lowest BCUT2D eigenvalue weighted by molar-refractivity contribution is -0.132. The summed E-state index contributed by atoms with van der Waals surface area (Å²) in [6, 6.07) is 10.8. The van der Waals surface area contributed by atoms with Crippen molar-refractivity contribution in [3.8, 4) is 11.3 Å². The van der Waals surface area contributed by atoms with Gasteiger partial charge in [0.25, 0.3) is 0 Å². The zero-order valence-corrected chi connectivity index (χ0v) is 16.0. The van der Waals surface area contributed by atoms with E-state index in [4.69, 9.17) is 0 Å². The summed E-state index contributed by atoms with van der Waals surface area (Å²) in [5.41, 5.74) is 3.36. The largest absolute Gasteiger partial charge is 0.354 e. The minimum absolute atomic E-state index is 0.141. The number of hydrogen-bond acceptors (Lipinski definition) is 1. The number of rotatable bonds is 4. The number of fused-ring (bicyclic) bond motifs is 1. The van der Waals surface area contributed by atoms with Crippen molar-refractivity contribution in [3.05, 3.63) is 59.7 Å². The van der Waals surface area contributed by atoms with Crippen molar-refractivity contribution >= 4 is 16.8 Å². The van der Waals surface area contributed by atoms with Crippen molar-refractivity contribution in [3.63, 3.8) is 0 Å². The van der Waals surface area contributed by atoms with Gasteiger partial charge < -0.3 is 9.88 Å². The van der Waals surface area contributed by atoms with Gasteiger partial charge in [-0.1, -0.05) is 6.92 Å². The predicted octanol–water partition coefficient (Wildman–Crippen LogP) is 5.30. The molecule has 1 unspecified atom stereocenters. The lowest BCUT2D eigenvalue weighted by atomic mass is 9.98. The minimum atomic E-state index is -0.311. The van der Waals surface area contributed by atoms with E-state index in [1.807, 2.05) is 4.90 Å². The second kappa shape index (κ2) is 7.74. The fraction of sp³-hybridized carbons (Fsp3) is 0.348. The molecule has 4 rings (SSSR count). The summed E-state index contributed by atoms with van der Waals surface area (Å²) in [4.78, 5) is 18.0. The maximum atomic E-state index is 13.9. The van der Waals surface area contributed by atoms with Crippen LogP contribution in [-0.4, -0.2) is 28.9 Å². The van der Waals surface area contributed by atoms with E-state index < -0.39 is 0 Å². The van der Waals surface area contributed by atoms with Crippen LogP contribution >= 0.6 is 0 Å². The molecular formula is C23H24F2N2O. The van der Waals surface area contributed by atoms with Gasteiger partial charge in [-0.05, 0) is 78.8 Å². The van der Waals surface area contributed by atoms with Crippen LogP contribution in [-0.2, 0) is 11.2 Å². The van der Waals surface area contributed by atoms with Gasteiger partial charge in [-0.15, -0.1) is 0 Å². The van der Waals surface area contributed by atoms with Crippen LogP contribution in [0.25, 0.3) is 22.2 Å². The van der Waals surface area contributed by atoms with Gasteiger partial charge in [0.2, 0.25) is 5.91 Å². The number of carbonyl (C=O) groups is 1. The minimum Gasteiger partial charge on any atom is -0.354 e. The van der Waals surface area contributed by atoms with Crippen LogP contribution in [0.4, 0.5) is 8.78 Å². The van der Waals surface area contributed by atoms with Crippen molar-refractivity contribution in [2.45, 2.75) is 32.6 Å². The van der Waals surface area contributed by atoms with Crippen molar-refractivity contribution in [2.24, 2.45) is 5.92 Å². The molecule has 0 spiro atoms. The highest BCUT2D eigenvalue weighted by Gasteiger charge is 2.22. The molecule has 1 aromatic heterocycles. The first-order valence-electron chi connectivity index (χ1n) is 9.85. The summed E-state index contributed by atoms with van der Waals surface area (Å²) in [5.74, 6) is 0.0634. The van der Waals surface area contributed by atoms with Crippen LogP contribution in [0.5, 0.6) is 0 Å². The van der Waals surface area contributed by atoms with Gasteiger partial charge in [0, 0.05) is 36.1 Å². The molecule has 146 valence electrons. The number of halogens is 2. The topological polar surface area (TPSA) is 36.1 Å². The van der Waals surface area contributed by atoms with Gasteiger partial charge in [0.1, 0.15) is 11.6 Å². The van der Waals surface area contributed by atoms with Crippen LogP contribution in [0, 0.1) is 17.6 Å². The highest BCUT2D eigenvalue weighted by atomic mass is 19.1. The molecule has 2 heterocycles. The predicted molar refractivity (Wildman–Crippen MR) is 107 cm³/mol. The molecule has 2 aromatic carbocycles. The third-order valence-electron chi connectivity index (χ3n) is 5.60. The van der Waals surface area contributed by atoms with Gasteiger partial charge in [0.15, 0.2) is 0 Å². The third kappa shape index (κ3) is 3.79. The average Bonchev–Trinajstić information content (AvgIpc) is 3.04. The molecule has 3 nitrogen and oxygen atoms in total. The number of nitrogens with one attached hydrogen (secondary N) is 1. The van der Waals surface area contributed by atoms with Gasteiger partial charge in [-0.2, -0.15) is 0 Å². The molecule has 0 saturated carbocycles. The monoisotopic (exact) mass is 382 g/mol. The molecule has 28 heavy (non-hydrogen) atoms. The molecule has 0 aliphatic carbocycles. The summed E-state index contributed by atoms with van der Waals surface area (Å²) in [6.07, 6.45) is 3.11. The van der Waals surface area contributed by atoms with E-state index in [-0.39, 0.29) is 17.5 Å². The molecule has 3 aromatic rings. The van der Waals surface area contributed by atoms with Crippen LogP contribution < -0.4 is 0 Å². The first-order chi connectivity index (χ1) is 13.5. The molecule has 0 radical (unpaired) electrons. The lowest BCUT2D eigenvalue weighted by Gasteiger charge is -2.31. The summed E-state index contributed by atoms with van der Waals surface area (Å²) in [5, 5.41) is 0.777. The maximum absolute atomic E-state index is 13.9. The van der Waals surface area contributed by atoms with Gasteiger partial charge >= 0.3 is 0 Å². The Morgan fingerprint density at radius 3 is 2.64 bits per heavy atom. The van der Waals surface area contributed by atoms with Crippen molar-refractivity contribution in [1.29, 1.82) is 0 Å². The van der Waals surface area contributed by atoms with E-state index in [9.17, 15) is 13.6 Å². The Morgan fingerprint density at radius 2 is 1.89 bits per heavy atom. The number of H-pyrrole nitrogens is 1. The normalized spacial score (nSPS) is 17.2. The highest BCUT2D eigenvalue weighted by molar-refractivity contribution is 5.91. The smallest absolute Gasteiger partial charge is 0.222 e. The van der Waals surface area contributed by atoms with Crippen molar-refractivity contribution in [2.75, 3.05) is 13.1 Å². The van der Waals surface area contributed by atoms with E-state index in [0.717, 1.165) is 47.2 Å². The van der Waals surface area contributed by atoms with Gasteiger partial charge in [-0.25, -0.2) is 8.78 Å². The number of aromatic nitrogens is 1. The zero-order valence-electron chi connectivity index (χ0n) is 16.0. The second-order valence-corrected chi connectivity index (χ2v) is 7.76. The summed E-state index contributed by atoms with van der Waals surface area (Å²) < 4.78 is 27.2. The highest BCUT2D eigenvalue weighted by Crippen LogP contribution is 2.32. The zero-order chi connectivity index (χ0) is 19.7. The standard InChI is InChI=1S/C23H24F2N2O/c1-15-3-2-12-27(14-15)22(28)11-9-19-20-13-18(25)8-10-21(20)26-23(19)16-4-6-17(24)7-5-16/h4-8,10,13,15,26H,2-3,9,11-12,14H2,1H3. The number of benzene rings is 2. The second-order valence-electron chi connectivity index (χ2n) is 7.76. The number of hydrogen-bond donors (Lipinski definition) is 1. The van der Waals surface area contributed by atoms with Gasteiger partial charge in [-0.3, -0.25) is 4.79 Å². The van der Waals surface area contributed by atoms with Gasteiger partial charge in [0.05, 0.1) is 0 Å². The van der Waals surface area contributed by atoms with Crippen LogP contribution in [0.15, 0.2) is 42.5 Å². The molecule has 5 heteroatoms. The summed E-state index contributed by atoms with van der Waals surface area (Å²) >= 11 is 0. The molecule has 1 aliphatic rings. The molecule has 1 fully saturated rings. The lowest BCUT2D eigenvalue weighted by Crippen LogP contribution is -2.39. The quantitative estimate of drug-likeness (QED) is 0.653. The van der Waals surface area contributed by atoms with Crippen molar-refractivity contribution < 1.29 is 13.6 Å². The SMILES string of the molecule is CC1CCCN(C(=O)CCc2c(-c3ccc(F)cc3)[nH]c3ccc(F)cc23)C1. The molecule has 1 aliphatic heterocycles. The molecule has 0 bridgehead atoms. The fourth-order valence-corrected chi connectivity index (χ4v) is 4.15. The summed E-state index contributed by atoms with van der Waals surface area (Å²) in [7, 11) is 0. The van der Waals surface area contributed by atoms with E-state index >= 15 is 0 Å². The van der Waals surface area contributed by atoms with E-state index in [1.165, 1.54) is 30.7 Å². The fourth-order valence-electron chi connectivity index (χ4n) is 4.15. The molecule has 1 saturated heterocycles. The van der Waals surface area contributed by atoms with E-state index in [2.05, 4.69) is 11.9 Å². The number of likely N-dealkylation sites (tertiary alicyclic amines) is 1. The Labute approximate surface area is 163 Å². The summed E-state index contributed by atoms with van der Waals surface area (Å²) in [6.45, 7) is 3.80. The maximum Gasteiger partial charge on any atom is 0.222 e. The Morgan fingerprint density at radius 1 is 1.14 bits per heavy atom. The molecular weight excluding hydrogens is 358 g/mol. The number of aryl methyl sites for hydroxylation is 1. The van der Waals surface area contributed by atoms with Crippen molar-refractivity contribution in [1.82, 2.24) is 9.88 Å². The Bertz CT molecular complexity index is 994. The third-order valence-corrected chi connectivity index (χ3v) is 5.60. The number of nitrogens with zero attached hydrogens (tertiary/aromatic N) is 1. The Kier molecular flexibility index (Phi) is 5.16. The molecule has 1 amide bonds. The molecule has 1 atom stereocenters.